The van der Waals surface area contributed by atoms with Crippen molar-refractivity contribution in [1.82, 2.24) is 9.97 Å². The number of fused-ring (bicyclic) bond motifs is 1. The van der Waals surface area contributed by atoms with Gasteiger partial charge in [0.25, 0.3) is 0 Å². The smallest absolute Gasteiger partial charge is 0.132 e. The van der Waals surface area contributed by atoms with Crippen molar-refractivity contribution in [2.24, 2.45) is 0 Å². The van der Waals surface area contributed by atoms with Crippen molar-refractivity contribution >= 4 is 38.2 Å². The van der Waals surface area contributed by atoms with Crippen LogP contribution in [0.25, 0.3) is 22.0 Å². The number of benzene rings is 2. The van der Waals surface area contributed by atoms with Crippen LogP contribution in [0.2, 0.25) is 0 Å². The molecule has 0 fully saturated rings. The third-order valence-electron chi connectivity index (χ3n) is 4.55. The third-order valence-corrected chi connectivity index (χ3v) is 5.04. The van der Waals surface area contributed by atoms with Gasteiger partial charge in [-0.3, -0.25) is 4.98 Å². The molecule has 2 heterocycles. The van der Waals surface area contributed by atoms with E-state index in [1.165, 1.54) is 12.3 Å². The van der Waals surface area contributed by atoms with Crippen molar-refractivity contribution in [2.75, 3.05) is 5.32 Å². The van der Waals surface area contributed by atoms with Crippen molar-refractivity contribution in [1.29, 1.82) is 5.26 Å². The Bertz CT molecular complexity index is 1210. The Labute approximate surface area is 163 Å². The van der Waals surface area contributed by atoms with Crippen LogP contribution in [0.3, 0.4) is 0 Å². The first-order valence-corrected chi connectivity index (χ1v) is 9.05. The summed E-state index contributed by atoms with van der Waals surface area (Å²) >= 11 is 3.27. The van der Waals surface area contributed by atoms with Crippen LogP contribution in [0, 0.1) is 24.1 Å². The Morgan fingerprint density at radius 2 is 2.00 bits per heavy atom. The molecule has 0 atom stereocenters. The fourth-order valence-electron chi connectivity index (χ4n) is 3.15. The summed E-state index contributed by atoms with van der Waals surface area (Å²) in [5.74, 6) is -0.387. The summed E-state index contributed by atoms with van der Waals surface area (Å²) in [6.45, 7) is 2.01. The lowest BCUT2D eigenvalue weighted by Crippen LogP contribution is -2.00. The van der Waals surface area contributed by atoms with Gasteiger partial charge in [-0.2, -0.15) is 5.26 Å². The summed E-state index contributed by atoms with van der Waals surface area (Å²) in [5.41, 5.74) is 4.72. The highest BCUT2D eigenvalue weighted by Gasteiger charge is 2.16. The number of aromatic nitrogens is 2. The normalized spacial score (nSPS) is 10.7. The minimum Gasteiger partial charge on any atom is -0.361 e. The highest BCUT2D eigenvalue weighted by molar-refractivity contribution is 9.10. The third kappa shape index (κ3) is 3.07. The fraction of sp³-hybridized carbons (Fsp3) is 0.0476. The van der Waals surface area contributed by atoms with Crippen molar-refractivity contribution in [3.05, 3.63) is 76.4 Å². The molecule has 6 heteroatoms. The number of pyridine rings is 1. The maximum Gasteiger partial charge on any atom is 0.132 e. The van der Waals surface area contributed by atoms with E-state index in [0.29, 0.717) is 26.9 Å². The summed E-state index contributed by atoms with van der Waals surface area (Å²) in [6, 6.07) is 12.9. The molecular weight excluding hydrogens is 407 g/mol. The zero-order chi connectivity index (χ0) is 19.0. The van der Waals surface area contributed by atoms with Crippen LogP contribution in [0.1, 0.15) is 11.1 Å². The zero-order valence-corrected chi connectivity index (χ0v) is 15.9. The van der Waals surface area contributed by atoms with E-state index in [0.717, 1.165) is 22.2 Å². The number of aryl methyl sites for hydroxylation is 1. The molecule has 0 saturated carbocycles. The Morgan fingerprint density at radius 1 is 1.15 bits per heavy atom. The lowest BCUT2D eigenvalue weighted by Gasteiger charge is -2.16. The van der Waals surface area contributed by atoms with Crippen LogP contribution >= 0.6 is 15.9 Å². The zero-order valence-electron chi connectivity index (χ0n) is 14.3. The highest BCUT2D eigenvalue weighted by atomic mass is 79.9. The molecule has 0 spiro atoms. The fourth-order valence-corrected chi connectivity index (χ4v) is 3.48. The molecular formula is C21H14BrFN4. The largest absolute Gasteiger partial charge is 0.361 e. The van der Waals surface area contributed by atoms with Crippen LogP contribution in [-0.2, 0) is 0 Å². The molecule has 4 nitrogen and oxygen atoms in total. The molecule has 0 unspecified atom stereocenters. The minimum absolute atomic E-state index is 0.350. The maximum absolute atomic E-state index is 14.6. The van der Waals surface area contributed by atoms with Gasteiger partial charge in [0.15, 0.2) is 0 Å². The van der Waals surface area contributed by atoms with E-state index >= 15 is 0 Å². The SMILES string of the molecule is Cc1c(Nc2c(C#N)cncc2-c2ccc(Br)cc2F)ccc2[nH]ccc12. The number of anilines is 2. The van der Waals surface area contributed by atoms with E-state index in [-0.39, 0.29) is 5.82 Å². The van der Waals surface area contributed by atoms with E-state index in [9.17, 15) is 9.65 Å². The van der Waals surface area contributed by atoms with Crippen molar-refractivity contribution in [3.63, 3.8) is 0 Å². The van der Waals surface area contributed by atoms with Gasteiger partial charge in [0.2, 0.25) is 0 Å². The molecule has 0 amide bonds. The standard InChI is InChI=1S/C21H14BrFN4/c1-12-15-6-7-26-20(15)5-4-19(12)27-21-13(9-24)10-25-11-17(21)16-3-2-14(22)8-18(16)23/h2-8,10-11,26H,1H3,(H,25,27). The summed E-state index contributed by atoms with van der Waals surface area (Å²) < 4.78 is 15.2. The molecule has 0 aliphatic carbocycles. The number of H-pyrrole nitrogens is 1. The lowest BCUT2D eigenvalue weighted by molar-refractivity contribution is 0.630. The average Bonchev–Trinajstić information content (AvgIpc) is 3.14. The molecule has 27 heavy (non-hydrogen) atoms. The summed E-state index contributed by atoms with van der Waals surface area (Å²) in [7, 11) is 0. The second kappa shape index (κ2) is 6.86. The van der Waals surface area contributed by atoms with Gasteiger partial charge in [-0.05, 0) is 42.8 Å². The number of nitrogens with zero attached hydrogens (tertiary/aromatic N) is 2. The molecule has 0 saturated heterocycles. The molecule has 2 aromatic heterocycles. The van der Waals surface area contributed by atoms with E-state index in [1.54, 1.807) is 18.3 Å². The Hall–Kier alpha value is -3.17. The first-order chi connectivity index (χ1) is 13.1. The first kappa shape index (κ1) is 17.3. The van der Waals surface area contributed by atoms with Gasteiger partial charge >= 0.3 is 0 Å². The second-order valence-electron chi connectivity index (χ2n) is 6.15. The number of rotatable bonds is 3. The predicted molar refractivity (Wildman–Crippen MR) is 108 cm³/mol. The predicted octanol–water partition coefficient (Wildman–Crippen LogP) is 6.06. The van der Waals surface area contributed by atoms with Gasteiger partial charge in [0.05, 0.1) is 11.3 Å². The summed E-state index contributed by atoms with van der Waals surface area (Å²) in [5, 5.41) is 14.0. The van der Waals surface area contributed by atoms with E-state index in [4.69, 9.17) is 0 Å². The molecule has 0 bridgehead atoms. The highest BCUT2D eigenvalue weighted by Crippen LogP contribution is 2.36. The summed E-state index contributed by atoms with van der Waals surface area (Å²) in [6.07, 6.45) is 4.93. The minimum atomic E-state index is -0.387. The van der Waals surface area contributed by atoms with E-state index in [1.807, 2.05) is 31.3 Å². The number of nitriles is 1. The van der Waals surface area contributed by atoms with Gasteiger partial charge in [-0.1, -0.05) is 22.0 Å². The van der Waals surface area contributed by atoms with E-state index < -0.39 is 0 Å². The van der Waals surface area contributed by atoms with Crippen molar-refractivity contribution < 1.29 is 4.39 Å². The monoisotopic (exact) mass is 420 g/mol. The molecule has 0 radical (unpaired) electrons. The Kier molecular flexibility index (Phi) is 4.38. The number of hydrogen-bond acceptors (Lipinski definition) is 3. The topological polar surface area (TPSA) is 64.5 Å². The molecule has 0 aliphatic rings. The Balaban J connectivity index is 1.89. The van der Waals surface area contributed by atoms with Crippen LogP contribution in [-0.4, -0.2) is 9.97 Å². The van der Waals surface area contributed by atoms with Crippen molar-refractivity contribution in [3.8, 4) is 17.2 Å². The average molecular weight is 421 g/mol. The number of aromatic amines is 1. The molecule has 4 aromatic rings. The van der Waals surface area contributed by atoms with Gasteiger partial charge in [0.1, 0.15) is 11.9 Å². The van der Waals surface area contributed by atoms with Gasteiger partial charge in [-0.15, -0.1) is 0 Å². The number of nitrogens with one attached hydrogen (secondary N) is 2. The van der Waals surface area contributed by atoms with Gasteiger partial charge in [0, 0.05) is 50.8 Å². The molecule has 2 aromatic carbocycles. The van der Waals surface area contributed by atoms with Gasteiger partial charge in [-0.25, -0.2) is 4.39 Å². The molecule has 4 rings (SSSR count). The van der Waals surface area contributed by atoms with Crippen LogP contribution in [0.4, 0.5) is 15.8 Å². The van der Waals surface area contributed by atoms with Crippen LogP contribution < -0.4 is 5.32 Å². The van der Waals surface area contributed by atoms with E-state index in [2.05, 4.69) is 37.3 Å². The molecule has 0 aliphatic heterocycles. The van der Waals surface area contributed by atoms with Crippen LogP contribution in [0.15, 0.2) is 59.5 Å². The molecule has 2 N–H and O–H groups in total. The van der Waals surface area contributed by atoms with Gasteiger partial charge < -0.3 is 10.3 Å². The van der Waals surface area contributed by atoms with Crippen molar-refractivity contribution in [2.45, 2.75) is 6.92 Å². The Morgan fingerprint density at radius 3 is 2.78 bits per heavy atom. The lowest BCUT2D eigenvalue weighted by atomic mass is 10.0. The quantitative estimate of drug-likeness (QED) is 0.423. The maximum atomic E-state index is 14.6. The number of halogens is 2. The number of hydrogen-bond donors (Lipinski definition) is 2. The second-order valence-corrected chi connectivity index (χ2v) is 7.06. The first-order valence-electron chi connectivity index (χ1n) is 8.25. The van der Waals surface area contributed by atoms with Crippen LogP contribution in [0.5, 0.6) is 0 Å². The molecule has 132 valence electrons. The summed E-state index contributed by atoms with van der Waals surface area (Å²) in [4.78, 5) is 7.30.